The molecule has 12 heteroatoms. The maximum absolute atomic E-state index is 13.3. The lowest BCUT2D eigenvalue weighted by Gasteiger charge is -2.32. The van der Waals surface area contributed by atoms with E-state index < -0.39 is 28.8 Å². The van der Waals surface area contributed by atoms with Crippen molar-refractivity contribution in [2.75, 3.05) is 39.4 Å². The number of alkyl halides is 3. The molecule has 1 aromatic carbocycles. The molecule has 0 spiro atoms. The van der Waals surface area contributed by atoms with Crippen LogP contribution in [0.4, 0.5) is 10.5 Å². The van der Waals surface area contributed by atoms with Gasteiger partial charge in [-0.15, -0.1) is 0 Å². The fourth-order valence-corrected chi connectivity index (χ4v) is 3.93. The Bertz CT molecular complexity index is 846. The molecular formula is C18H21Cl3N2O7. The summed E-state index contributed by atoms with van der Waals surface area (Å²) >= 11 is 17.1. The van der Waals surface area contributed by atoms with Gasteiger partial charge in [0.15, 0.2) is 17.7 Å². The summed E-state index contributed by atoms with van der Waals surface area (Å²) in [5, 5.41) is 11.1. The Hall–Kier alpha value is -1.81. The van der Waals surface area contributed by atoms with Crippen LogP contribution in [0, 0.1) is 0 Å². The zero-order chi connectivity index (χ0) is 22.2. The number of carbonyl (C=O) groups is 2. The number of nitrogens with zero attached hydrogens (tertiary/aromatic N) is 2. The molecule has 0 saturated carbocycles. The van der Waals surface area contributed by atoms with E-state index in [-0.39, 0.29) is 34.4 Å². The molecule has 1 saturated heterocycles. The van der Waals surface area contributed by atoms with E-state index >= 15 is 0 Å². The van der Waals surface area contributed by atoms with Gasteiger partial charge in [0, 0.05) is 6.54 Å². The maximum atomic E-state index is 13.3. The van der Waals surface area contributed by atoms with Gasteiger partial charge in [-0.2, -0.15) is 0 Å². The third-order valence-electron chi connectivity index (χ3n) is 5.00. The van der Waals surface area contributed by atoms with Crippen LogP contribution >= 0.6 is 34.8 Å². The summed E-state index contributed by atoms with van der Waals surface area (Å²) in [7, 11) is 4.13. The van der Waals surface area contributed by atoms with Crippen molar-refractivity contribution in [2.45, 2.75) is 28.9 Å². The van der Waals surface area contributed by atoms with Gasteiger partial charge in [0.25, 0.3) is 5.91 Å². The van der Waals surface area contributed by atoms with Crippen LogP contribution in [0.5, 0.6) is 17.2 Å². The molecule has 2 aliphatic rings. The van der Waals surface area contributed by atoms with Crippen molar-refractivity contribution in [3.63, 3.8) is 0 Å². The number of amides is 2. The van der Waals surface area contributed by atoms with Gasteiger partial charge in [-0.25, -0.2) is 9.69 Å². The first-order valence-electron chi connectivity index (χ1n) is 8.99. The SMILES string of the molecule is COc1cc2c(c(OC)c1OC)N(C(=O)OCC(Cl)(Cl)Cl)[C@@H](O)[C@@H]1CCCN1C2=O. The first-order valence-corrected chi connectivity index (χ1v) is 10.1. The lowest BCUT2D eigenvalue weighted by Crippen LogP contribution is -2.51. The highest BCUT2D eigenvalue weighted by Crippen LogP contribution is 2.50. The minimum absolute atomic E-state index is 0.0173. The number of benzene rings is 1. The molecule has 0 aliphatic carbocycles. The van der Waals surface area contributed by atoms with Gasteiger partial charge in [0.1, 0.15) is 12.3 Å². The molecule has 0 unspecified atom stereocenters. The number of halogens is 3. The van der Waals surface area contributed by atoms with Crippen LogP contribution in [-0.4, -0.2) is 72.6 Å². The second kappa shape index (κ2) is 8.74. The summed E-state index contributed by atoms with van der Waals surface area (Å²) in [6.45, 7) is -0.138. The average molecular weight is 484 g/mol. The van der Waals surface area contributed by atoms with Crippen molar-refractivity contribution in [1.29, 1.82) is 0 Å². The van der Waals surface area contributed by atoms with Gasteiger partial charge in [-0.3, -0.25) is 4.79 Å². The third kappa shape index (κ3) is 4.03. The van der Waals surface area contributed by atoms with E-state index in [0.29, 0.717) is 19.4 Å². The Balaban J connectivity index is 2.22. The lowest BCUT2D eigenvalue weighted by molar-refractivity contribution is 0.0490. The van der Waals surface area contributed by atoms with Gasteiger partial charge in [0.05, 0.1) is 32.9 Å². The van der Waals surface area contributed by atoms with Crippen LogP contribution in [0.1, 0.15) is 23.2 Å². The van der Waals surface area contributed by atoms with Gasteiger partial charge in [-0.1, -0.05) is 34.8 Å². The average Bonchev–Trinajstić information content (AvgIpc) is 3.17. The maximum Gasteiger partial charge on any atom is 0.416 e. The van der Waals surface area contributed by atoms with Gasteiger partial charge in [-0.05, 0) is 18.9 Å². The standard InChI is InChI=1S/C18H21Cl3N2O7/c1-27-11-7-9-12(14(29-3)13(11)28-2)23(17(26)30-8-18(19,20)21)16(25)10-5-4-6-22(10)15(9)24/h7,10,16,25H,4-6,8H2,1-3H3/t10-,16-/m0/s1. The normalized spacial score (nSPS) is 21.0. The number of aliphatic hydroxyl groups is 1. The van der Waals surface area contributed by atoms with Crippen LogP contribution in [0.25, 0.3) is 0 Å². The van der Waals surface area contributed by atoms with Crippen LogP contribution < -0.4 is 19.1 Å². The molecule has 30 heavy (non-hydrogen) atoms. The lowest BCUT2D eigenvalue weighted by atomic mass is 10.1. The van der Waals surface area contributed by atoms with Crippen molar-refractivity contribution < 1.29 is 33.6 Å². The number of methoxy groups -OCH3 is 3. The molecule has 2 aliphatic heterocycles. The molecule has 2 amide bonds. The zero-order valence-corrected chi connectivity index (χ0v) is 18.8. The minimum atomic E-state index is -1.85. The van der Waals surface area contributed by atoms with Crippen LogP contribution in [0.3, 0.4) is 0 Å². The van der Waals surface area contributed by atoms with Gasteiger partial charge < -0.3 is 29.0 Å². The van der Waals surface area contributed by atoms with E-state index in [1.54, 1.807) is 0 Å². The first-order chi connectivity index (χ1) is 14.1. The van der Waals surface area contributed by atoms with Crippen molar-refractivity contribution >= 4 is 52.5 Å². The number of ether oxygens (including phenoxy) is 4. The van der Waals surface area contributed by atoms with E-state index in [1.807, 2.05) is 0 Å². The second-order valence-electron chi connectivity index (χ2n) is 6.70. The summed E-state index contributed by atoms with van der Waals surface area (Å²) < 4.78 is 19.4. The number of aliphatic hydroxyl groups excluding tert-OH is 1. The second-order valence-corrected chi connectivity index (χ2v) is 9.22. The predicted octanol–water partition coefficient (Wildman–Crippen LogP) is 2.96. The Kier molecular flexibility index (Phi) is 6.66. The smallest absolute Gasteiger partial charge is 0.416 e. The Morgan fingerprint density at radius 2 is 1.87 bits per heavy atom. The highest BCUT2D eigenvalue weighted by Gasteiger charge is 2.47. The zero-order valence-electron chi connectivity index (χ0n) is 16.5. The number of rotatable bonds is 4. The van der Waals surface area contributed by atoms with Gasteiger partial charge in [0.2, 0.25) is 9.54 Å². The molecule has 1 N–H and O–H groups in total. The number of carbonyl (C=O) groups excluding carboxylic acids is 2. The fraction of sp³-hybridized carbons (Fsp3) is 0.556. The molecular weight excluding hydrogens is 463 g/mol. The Labute approximate surface area is 188 Å². The molecule has 3 rings (SSSR count). The van der Waals surface area contributed by atoms with Crippen molar-refractivity contribution in [3.05, 3.63) is 11.6 Å². The number of hydrogen-bond acceptors (Lipinski definition) is 7. The first kappa shape index (κ1) is 22.9. The third-order valence-corrected chi connectivity index (χ3v) is 5.33. The predicted molar refractivity (Wildman–Crippen MR) is 110 cm³/mol. The van der Waals surface area contributed by atoms with Crippen molar-refractivity contribution in [3.8, 4) is 17.2 Å². The molecule has 1 aromatic rings. The summed E-state index contributed by atoms with van der Waals surface area (Å²) in [6, 6.07) is 0.786. The molecule has 0 bridgehead atoms. The topological polar surface area (TPSA) is 97.8 Å². The van der Waals surface area contributed by atoms with Crippen LogP contribution in [0.2, 0.25) is 0 Å². The quantitative estimate of drug-likeness (QED) is 0.658. The largest absolute Gasteiger partial charge is 0.493 e. The highest BCUT2D eigenvalue weighted by atomic mass is 35.6. The molecule has 2 heterocycles. The molecule has 0 radical (unpaired) electrons. The van der Waals surface area contributed by atoms with Crippen LogP contribution in [0.15, 0.2) is 6.07 Å². The van der Waals surface area contributed by atoms with Crippen molar-refractivity contribution in [2.24, 2.45) is 0 Å². The van der Waals surface area contributed by atoms with Crippen LogP contribution in [-0.2, 0) is 4.74 Å². The summed E-state index contributed by atoms with van der Waals surface area (Å²) in [5.41, 5.74) is 0.0650. The van der Waals surface area contributed by atoms with E-state index in [4.69, 9.17) is 53.8 Å². The van der Waals surface area contributed by atoms with E-state index in [1.165, 1.54) is 32.3 Å². The van der Waals surface area contributed by atoms with E-state index in [9.17, 15) is 14.7 Å². The molecule has 1 fully saturated rings. The monoisotopic (exact) mass is 482 g/mol. The highest BCUT2D eigenvalue weighted by molar-refractivity contribution is 6.67. The number of hydrogen-bond donors (Lipinski definition) is 1. The van der Waals surface area contributed by atoms with Gasteiger partial charge >= 0.3 is 6.09 Å². The number of anilines is 1. The van der Waals surface area contributed by atoms with E-state index in [0.717, 1.165) is 4.90 Å². The molecule has 2 atom stereocenters. The minimum Gasteiger partial charge on any atom is -0.493 e. The summed E-state index contributed by atoms with van der Waals surface area (Å²) in [4.78, 5) is 28.7. The number of fused-ring (bicyclic) bond motifs is 2. The molecule has 9 nitrogen and oxygen atoms in total. The fourth-order valence-electron chi connectivity index (χ4n) is 3.77. The molecule has 166 valence electrons. The van der Waals surface area contributed by atoms with E-state index in [2.05, 4.69) is 0 Å². The summed E-state index contributed by atoms with van der Waals surface area (Å²) in [5.74, 6) is -0.00285. The Morgan fingerprint density at radius 1 is 1.20 bits per heavy atom. The summed E-state index contributed by atoms with van der Waals surface area (Å²) in [6.07, 6.45) is -1.27. The van der Waals surface area contributed by atoms with Crippen molar-refractivity contribution in [1.82, 2.24) is 4.90 Å². The Morgan fingerprint density at radius 3 is 2.43 bits per heavy atom. The molecule has 0 aromatic heterocycles.